The highest BCUT2D eigenvalue weighted by molar-refractivity contribution is 7.46. The lowest BCUT2D eigenvalue weighted by Crippen LogP contribution is -2.37. The number of nitrogens with one attached hydrogen (secondary N) is 1. The lowest BCUT2D eigenvalue weighted by molar-refractivity contribution is -0.158. The Morgan fingerprint density at radius 2 is 1.85 bits per heavy atom. The first-order valence-electron chi connectivity index (χ1n) is 12.9. The van der Waals surface area contributed by atoms with Gasteiger partial charge in [0, 0.05) is 23.5 Å². The van der Waals surface area contributed by atoms with Crippen molar-refractivity contribution in [1.29, 1.82) is 0 Å². The van der Waals surface area contributed by atoms with Gasteiger partial charge in [-0.25, -0.2) is 27.8 Å². The first-order chi connectivity index (χ1) is 19.3. The van der Waals surface area contributed by atoms with Crippen LogP contribution >= 0.6 is 7.82 Å². The summed E-state index contributed by atoms with van der Waals surface area (Å²) < 4.78 is 45.8. The SMILES string of the molecule is Cc1cc(Nc2cc(C(F)F)ccn2)nc(-c2ccc(C(C)(O)C3CCC(C(=O)OCOP(=O)(O)O)CC3)nc2)c1. The Bertz CT molecular complexity index is 1410. The quantitative estimate of drug-likeness (QED) is 0.140. The van der Waals surface area contributed by atoms with E-state index in [1.807, 2.05) is 13.0 Å². The Labute approximate surface area is 235 Å². The highest BCUT2D eigenvalue weighted by atomic mass is 31.2. The number of rotatable bonds is 10. The molecule has 0 saturated heterocycles. The van der Waals surface area contributed by atoms with Crippen LogP contribution in [-0.4, -0.2) is 42.6 Å². The van der Waals surface area contributed by atoms with Crippen molar-refractivity contribution in [2.24, 2.45) is 11.8 Å². The normalized spacial score (nSPS) is 19.0. The number of alkyl halides is 2. The lowest BCUT2D eigenvalue weighted by Gasteiger charge is -2.37. The molecule has 1 unspecified atom stereocenters. The molecule has 1 aliphatic rings. The molecule has 0 aromatic carbocycles. The molecule has 4 rings (SSSR count). The van der Waals surface area contributed by atoms with Crippen molar-refractivity contribution in [3.8, 4) is 11.3 Å². The molecule has 0 amide bonds. The maximum absolute atomic E-state index is 13.1. The number of halogens is 2. The molecule has 1 saturated carbocycles. The van der Waals surface area contributed by atoms with Gasteiger partial charge in [0.2, 0.25) is 6.79 Å². The van der Waals surface area contributed by atoms with Crippen molar-refractivity contribution >= 4 is 25.4 Å². The van der Waals surface area contributed by atoms with Crippen LogP contribution in [0.3, 0.4) is 0 Å². The molecule has 41 heavy (non-hydrogen) atoms. The monoisotopic (exact) mass is 592 g/mol. The zero-order valence-electron chi connectivity index (χ0n) is 22.4. The summed E-state index contributed by atoms with van der Waals surface area (Å²) in [5, 5.41) is 14.3. The maximum Gasteiger partial charge on any atom is 0.472 e. The first-order valence-corrected chi connectivity index (χ1v) is 14.4. The van der Waals surface area contributed by atoms with Gasteiger partial charge in [-0.2, -0.15) is 0 Å². The zero-order chi connectivity index (χ0) is 29.8. The zero-order valence-corrected chi connectivity index (χ0v) is 23.3. The van der Waals surface area contributed by atoms with E-state index in [-0.39, 0.29) is 17.3 Å². The van der Waals surface area contributed by atoms with Crippen LogP contribution in [0.4, 0.5) is 20.4 Å². The summed E-state index contributed by atoms with van der Waals surface area (Å²) in [7, 11) is -4.73. The highest BCUT2D eigenvalue weighted by Crippen LogP contribution is 2.41. The number of nitrogens with zero attached hydrogens (tertiary/aromatic N) is 3. The predicted molar refractivity (Wildman–Crippen MR) is 144 cm³/mol. The molecule has 3 aromatic heterocycles. The fourth-order valence-electron chi connectivity index (χ4n) is 4.88. The van der Waals surface area contributed by atoms with E-state index in [0.717, 1.165) is 5.56 Å². The van der Waals surface area contributed by atoms with E-state index in [1.54, 1.807) is 31.3 Å². The number of carbonyl (C=O) groups is 1. The third kappa shape index (κ3) is 8.11. The molecule has 220 valence electrons. The number of aryl methyl sites for hydroxylation is 1. The van der Waals surface area contributed by atoms with Crippen LogP contribution in [0.15, 0.2) is 48.8 Å². The molecule has 0 spiro atoms. The second kappa shape index (κ2) is 12.7. The van der Waals surface area contributed by atoms with Gasteiger partial charge in [0.05, 0.1) is 17.3 Å². The molecule has 1 atom stereocenters. The number of hydrogen-bond donors (Lipinski definition) is 4. The van der Waals surface area contributed by atoms with Gasteiger partial charge in [-0.3, -0.25) is 9.78 Å². The van der Waals surface area contributed by atoms with Gasteiger partial charge in [-0.15, -0.1) is 0 Å². The van der Waals surface area contributed by atoms with Crippen LogP contribution in [0.2, 0.25) is 0 Å². The Morgan fingerprint density at radius 1 is 1.12 bits per heavy atom. The molecule has 3 aromatic rings. The molecular weight excluding hydrogens is 561 g/mol. The standard InChI is InChI=1S/C27H31F2N4O7P/c1-16-11-21(32-24(12-16)33-23-13-18(25(28)29)9-10-30-23)19-5-8-22(31-14-19)27(2,35)20-6-3-17(4-7-20)26(34)39-15-40-41(36,37)38/h5,8-14,17,20,25,35H,3-4,6-7,15H2,1-2H3,(H,30,32,33)(H2,36,37,38). The second-order valence-electron chi connectivity index (χ2n) is 10.1. The minimum absolute atomic E-state index is 0.150. The van der Waals surface area contributed by atoms with Gasteiger partial charge in [0.25, 0.3) is 6.43 Å². The van der Waals surface area contributed by atoms with Crippen LogP contribution in [0.25, 0.3) is 11.3 Å². The smallest absolute Gasteiger partial charge is 0.438 e. The number of pyridine rings is 3. The summed E-state index contributed by atoms with van der Waals surface area (Å²) in [6, 6.07) is 9.66. The van der Waals surface area contributed by atoms with E-state index in [0.29, 0.717) is 48.5 Å². The number of aliphatic hydroxyl groups is 1. The van der Waals surface area contributed by atoms with Crippen LogP contribution < -0.4 is 5.32 Å². The van der Waals surface area contributed by atoms with Gasteiger partial charge >= 0.3 is 13.8 Å². The molecular formula is C27H31F2N4O7P. The Hall–Kier alpha value is -3.35. The van der Waals surface area contributed by atoms with E-state index in [2.05, 4.69) is 24.8 Å². The van der Waals surface area contributed by atoms with E-state index < -0.39 is 38.5 Å². The van der Waals surface area contributed by atoms with Crippen LogP contribution in [0, 0.1) is 18.8 Å². The van der Waals surface area contributed by atoms with Gasteiger partial charge in [-0.1, -0.05) is 0 Å². The Balaban J connectivity index is 1.40. The van der Waals surface area contributed by atoms with Crippen LogP contribution in [-0.2, 0) is 24.2 Å². The fraction of sp³-hybridized carbons (Fsp3) is 0.407. The van der Waals surface area contributed by atoms with Crippen molar-refractivity contribution in [2.45, 2.75) is 51.6 Å². The average molecular weight is 593 g/mol. The molecule has 0 bridgehead atoms. The minimum atomic E-state index is -4.73. The number of carbonyl (C=O) groups excluding carboxylic acids is 1. The van der Waals surface area contributed by atoms with Crippen LogP contribution in [0.1, 0.15) is 55.9 Å². The van der Waals surface area contributed by atoms with E-state index in [1.165, 1.54) is 18.3 Å². The van der Waals surface area contributed by atoms with E-state index >= 15 is 0 Å². The van der Waals surface area contributed by atoms with Gasteiger partial charge in [0.15, 0.2) is 0 Å². The number of phosphoric acid groups is 1. The Kier molecular flexibility index (Phi) is 9.45. The molecule has 1 aliphatic carbocycles. The van der Waals surface area contributed by atoms with Gasteiger partial charge in [-0.05, 0) is 87.4 Å². The fourth-order valence-corrected chi connectivity index (χ4v) is 5.07. The van der Waals surface area contributed by atoms with E-state index in [9.17, 15) is 23.2 Å². The molecule has 3 heterocycles. The average Bonchev–Trinajstić information content (AvgIpc) is 2.92. The van der Waals surface area contributed by atoms with Gasteiger partial charge < -0.3 is 24.9 Å². The second-order valence-corrected chi connectivity index (χ2v) is 11.4. The summed E-state index contributed by atoms with van der Waals surface area (Å²) in [6.45, 7) is 2.73. The van der Waals surface area contributed by atoms with E-state index in [4.69, 9.17) is 14.5 Å². The molecule has 1 fully saturated rings. The largest absolute Gasteiger partial charge is 0.472 e. The van der Waals surface area contributed by atoms with Crippen molar-refractivity contribution in [2.75, 3.05) is 12.1 Å². The molecule has 11 nitrogen and oxygen atoms in total. The summed E-state index contributed by atoms with van der Waals surface area (Å²) in [6.07, 6.45) is 2.20. The van der Waals surface area contributed by atoms with Crippen molar-refractivity contribution in [1.82, 2.24) is 15.0 Å². The topological polar surface area (TPSA) is 164 Å². The number of ether oxygens (including phenoxy) is 1. The molecule has 0 aliphatic heterocycles. The number of esters is 1. The van der Waals surface area contributed by atoms with Crippen molar-refractivity contribution < 1.29 is 42.3 Å². The minimum Gasteiger partial charge on any atom is -0.438 e. The third-order valence-electron chi connectivity index (χ3n) is 7.12. The van der Waals surface area contributed by atoms with Crippen LogP contribution in [0.5, 0.6) is 0 Å². The molecule has 4 N–H and O–H groups in total. The van der Waals surface area contributed by atoms with Gasteiger partial charge in [0.1, 0.15) is 17.2 Å². The Morgan fingerprint density at radius 3 is 2.49 bits per heavy atom. The number of anilines is 2. The highest BCUT2D eigenvalue weighted by Gasteiger charge is 2.39. The molecule has 14 heteroatoms. The summed E-state index contributed by atoms with van der Waals surface area (Å²) >= 11 is 0. The summed E-state index contributed by atoms with van der Waals surface area (Å²) in [5.74, 6) is -0.565. The molecule has 0 radical (unpaired) electrons. The number of phosphoric ester groups is 1. The third-order valence-corrected chi connectivity index (χ3v) is 7.56. The van der Waals surface area contributed by atoms with Crippen molar-refractivity contribution in [3.63, 3.8) is 0 Å². The summed E-state index contributed by atoms with van der Waals surface area (Å²) in [4.78, 5) is 42.8. The number of hydrogen-bond acceptors (Lipinski definition) is 9. The first kappa shape index (κ1) is 30.6. The summed E-state index contributed by atoms with van der Waals surface area (Å²) in [5.41, 5.74) is 1.20. The lowest BCUT2D eigenvalue weighted by atomic mass is 9.73. The predicted octanol–water partition coefficient (Wildman–Crippen LogP) is 5.15. The maximum atomic E-state index is 13.1. The number of aromatic nitrogens is 3. The van der Waals surface area contributed by atoms with Crippen molar-refractivity contribution in [3.05, 3.63) is 65.6 Å².